The molecule has 0 fully saturated rings. The topological polar surface area (TPSA) is 67.2 Å². The minimum absolute atomic E-state index is 0.160. The van der Waals surface area contributed by atoms with Gasteiger partial charge in [-0.25, -0.2) is 9.07 Å². The van der Waals surface area contributed by atoms with Crippen LogP contribution in [0.25, 0.3) is 5.69 Å². The molecule has 1 N–H and O–H groups in total. The van der Waals surface area contributed by atoms with Crippen molar-refractivity contribution < 1.29 is 14.0 Å². The van der Waals surface area contributed by atoms with E-state index in [1.54, 1.807) is 17.0 Å². The van der Waals surface area contributed by atoms with Gasteiger partial charge < -0.3 is 5.32 Å². The summed E-state index contributed by atoms with van der Waals surface area (Å²) in [5.74, 6) is -0.135. The Morgan fingerprint density at radius 1 is 1.07 bits per heavy atom. The molecule has 1 aromatic heterocycles. The fourth-order valence-electron chi connectivity index (χ4n) is 4.98. The van der Waals surface area contributed by atoms with Gasteiger partial charge in [0.1, 0.15) is 18.2 Å². The number of halogens is 2. The van der Waals surface area contributed by atoms with Crippen LogP contribution in [0.15, 0.2) is 72.8 Å². The smallest absolute Gasteiger partial charge is 0.240 e. The Bertz CT molecular complexity index is 1600. The Morgan fingerprint density at radius 3 is 2.44 bits per heavy atom. The van der Waals surface area contributed by atoms with E-state index in [-0.39, 0.29) is 47.1 Å². The van der Waals surface area contributed by atoms with Gasteiger partial charge in [-0.15, -0.1) is 11.8 Å². The van der Waals surface area contributed by atoms with Crippen molar-refractivity contribution in [3.63, 3.8) is 0 Å². The van der Waals surface area contributed by atoms with Crippen LogP contribution in [0.5, 0.6) is 0 Å². The van der Waals surface area contributed by atoms with Gasteiger partial charge in [0.15, 0.2) is 0 Å². The highest BCUT2D eigenvalue weighted by atomic mass is 35.5. The molecule has 0 saturated carbocycles. The van der Waals surface area contributed by atoms with Gasteiger partial charge in [-0.05, 0) is 47.9 Å². The van der Waals surface area contributed by atoms with E-state index in [4.69, 9.17) is 16.7 Å². The summed E-state index contributed by atoms with van der Waals surface area (Å²) < 4.78 is 15.1. The summed E-state index contributed by atoms with van der Waals surface area (Å²) in [6, 6.07) is 21.5. The molecule has 0 bridgehead atoms. The van der Waals surface area contributed by atoms with Gasteiger partial charge in [0.25, 0.3) is 0 Å². The van der Waals surface area contributed by atoms with Crippen molar-refractivity contribution in [1.29, 1.82) is 0 Å². The number of hydrogen-bond acceptors (Lipinski definition) is 4. The molecule has 5 rings (SSSR count). The molecule has 9 heteroatoms. The number of benzene rings is 3. The molecule has 0 saturated heterocycles. The molecule has 0 radical (unpaired) electrons. The number of aromatic nitrogens is 2. The van der Waals surface area contributed by atoms with Crippen LogP contribution in [0, 0.1) is 12.7 Å². The molecule has 0 spiro atoms. The highest BCUT2D eigenvalue weighted by Gasteiger charge is 2.40. The quantitative estimate of drug-likeness (QED) is 0.269. The Morgan fingerprint density at radius 2 is 1.76 bits per heavy atom. The van der Waals surface area contributed by atoms with Crippen LogP contribution in [0.4, 0.5) is 10.2 Å². The Labute approximate surface area is 248 Å². The highest BCUT2D eigenvalue weighted by Crippen LogP contribution is 2.49. The van der Waals surface area contributed by atoms with E-state index in [0.29, 0.717) is 10.8 Å². The number of aryl methyl sites for hydroxylation is 1. The van der Waals surface area contributed by atoms with Gasteiger partial charge in [0.2, 0.25) is 11.8 Å². The number of rotatable bonds is 6. The van der Waals surface area contributed by atoms with Crippen molar-refractivity contribution >= 4 is 41.0 Å². The zero-order valence-electron chi connectivity index (χ0n) is 23.4. The second-order valence-electron chi connectivity index (χ2n) is 11.1. The van der Waals surface area contributed by atoms with Crippen molar-refractivity contribution in [3.8, 4) is 5.69 Å². The van der Waals surface area contributed by atoms with Crippen LogP contribution in [0.1, 0.15) is 54.0 Å². The van der Waals surface area contributed by atoms with Gasteiger partial charge in [0, 0.05) is 22.5 Å². The van der Waals surface area contributed by atoms with E-state index in [0.717, 1.165) is 33.6 Å². The molecular formula is C32H32ClFN4O2S. The molecule has 6 nitrogen and oxygen atoms in total. The van der Waals surface area contributed by atoms with Gasteiger partial charge >= 0.3 is 0 Å². The molecular weight excluding hydrogens is 559 g/mol. The maximum atomic E-state index is 13.8. The minimum atomic E-state index is -0.373. The fourth-order valence-corrected chi connectivity index (χ4v) is 6.52. The first-order chi connectivity index (χ1) is 19.5. The summed E-state index contributed by atoms with van der Waals surface area (Å²) in [7, 11) is 0. The summed E-state index contributed by atoms with van der Waals surface area (Å²) >= 11 is 8.22. The summed E-state index contributed by atoms with van der Waals surface area (Å²) in [4.78, 5) is 28.7. The average Bonchev–Trinajstić information content (AvgIpc) is 3.27. The first kappa shape index (κ1) is 28.9. The maximum Gasteiger partial charge on any atom is 0.240 e. The number of nitrogens with zero attached hydrogens (tertiary/aromatic N) is 3. The lowest BCUT2D eigenvalue weighted by molar-refractivity contribution is -0.123. The third-order valence-corrected chi connectivity index (χ3v) is 8.62. The average molecular weight is 591 g/mol. The second-order valence-corrected chi connectivity index (χ2v) is 12.6. The number of para-hydroxylation sites is 1. The summed E-state index contributed by atoms with van der Waals surface area (Å²) in [5, 5.41) is 8.35. The largest absolute Gasteiger partial charge is 0.350 e. The third-order valence-electron chi connectivity index (χ3n) is 7.04. The van der Waals surface area contributed by atoms with Crippen molar-refractivity contribution in [2.75, 3.05) is 17.2 Å². The van der Waals surface area contributed by atoms with Crippen LogP contribution in [-0.2, 0) is 21.5 Å². The lowest BCUT2D eigenvalue weighted by Gasteiger charge is -2.25. The van der Waals surface area contributed by atoms with Crippen LogP contribution >= 0.6 is 23.4 Å². The van der Waals surface area contributed by atoms with Gasteiger partial charge in [-0.2, -0.15) is 5.10 Å². The third kappa shape index (κ3) is 6.04. The van der Waals surface area contributed by atoms with E-state index in [1.165, 1.54) is 23.9 Å². The number of carbonyl (C=O) groups is 2. The van der Waals surface area contributed by atoms with Crippen molar-refractivity contribution in [2.24, 2.45) is 0 Å². The summed E-state index contributed by atoms with van der Waals surface area (Å²) in [6.07, 6.45) is 0. The van der Waals surface area contributed by atoms with Crippen LogP contribution in [0.2, 0.25) is 5.02 Å². The standard InChI is InChI=1S/C32H32ClFN4O2S/c1-20-9-5-8-12-25(20)38-31-28(30(36-38)32(2,3)4)29(23-10-6-7-11-24(23)33)41-19-27(40)37(31)18-26(39)35-17-21-13-15-22(34)16-14-21/h5-16,29H,17-19H2,1-4H3,(H,35,39). The van der Waals surface area contributed by atoms with Crippen molar-refractivity contribution in [1.82, 2.24) is 15.1 Å². The number of nitrogens with one attached hydrogen (secondary N) is 1. The lowest BCUT2D eigenvalue weighted by Crippen LogP contribution is -2.42. The summed E-state index contributed by atoms with van der Waals surface area (Å²) in [6.45, 7) is 8.31. The van der Waals surface area contributed by atoms with E-state index in [1.807, 2.05) is 60.1 Å². The van der Waals surface area contributed by atoms with E-state index in [2.05, 4.69) is 26.1 Å². The number of carbonyl (C=O) groups excluding carboxylic acids is 2. The Hall–Kier alpha value is -3.62. The van der Waals surface area contributed by atoms with E-state index in [9.17, 15) is 14.0 Å². The maximum absolute atomic E-state index is 13.8. The molecule has 212 valence electrons. The fraction of sp³-hybridized carbons (Fsp3) is 0.281. The van der Waals surface area contributed by atoms with Gasteiger partial charge in [-0.1, -0.05) is 80.9 Å². The molecule has 4 aromatic rings. The molecule has 1 aliphatic heterocycles. The molecule has 1 atom stereocenters. The summed E-state index contributed by atoms with van der Waals surface area (Å²) in [5.41, 5.74) is 4.80. The number of amides is 2. The monoisotopic (exact) mass is 590 g/mol. The molecule has 0 aliphatic carbocycles. The number of anilines is 1. The lowest BCUT2D eigenvalue weighted by atomic mass is 9.87. The first-order valence-corrected chi connectivity index (χ1v) is 14.8. The van der Waals surface area contributed by atoms with Crippen molar-refractivity contribution in [2.45, 2.75) is 44.9 Å². The van der Waals surface area contributed by atoms with E-state index >= 15 is 0 Å². The van der Waals surface area contributed by atoms with Gasteiger partial charge in [-0.3, -0.25) is 14.5 Å². The molecule has 3 aromatic carbocycles. The SMILES string of the molecule is Cc1ccccc1-n1nc(C(C)(C)C)c2c1N(CC(=O)NCc1ccc(F)cc1)C(=O)CSC2c1ccccc1Cl. The molecule has 1 unspecified atom stereocenters. The number of fused-ring (bicyclic) bond motifs is 1. The van der Waals surface area contributed by atoms with Crippen LogP contribution < -0.4 is 10.2 Å². The molecule has 2 heterocycles. The van der Waals surface area contributed by atoms with E-state index < -0.39 is 0 Å². The first-order valence-electron chi connectivity index (χ1n) is 13.4. The number of hydrogen-bond donors (Lipinski definition) is 1. The van der Waals surface area contributed by atoms with Gasteiger partial charge in [0.05, 0.1) is 22.4 Å². The van der Waals surface area contributed by atoms with Crippen LogP contribution in [-0.4, -0.2) is 33.9 Å². The predicted molar refractivity (Wildman–Crippen MR) is 163 cm³/mol. The molecule has 2 amide bonds. The Balaban J connectivity index is 1.65. The molecule has 41 heavy (non-hydrogen) atoms. The number of thioether (sulfide) groups is 1. The van der Waals surface area contributed by atoms with Crippen LogP contribution in [0.3, 0.4) is 0 Å². The Kier molecular flexibility index (Phi) is 8.25. The normalized spacial score (nSPS) is 15.4. The highest BCUT2D eigenvalue weighted by molar-refractivity contribution is 8.00. The molecule has 1 aliphatic rings. The van der Waals surface area contributed by atoms with Crippen molar-refractivity contribution in [3.05, 3.63) is 112 Å². The second kappa shape index (κ2) is 11.7. The zero-order chi connectivity index (χ0) is 29.3. The predicted octanol–water partition coefficient (Wildman–Crippen LogP) is 6.76. The zero-order valence-corrected chi connectivity index (χ0v) is 25.0. The minimum Gasteiger partial charge on any atom is -0.350 e.